The smallest absolute Gasteiger partial charge is 0.0959 e. The van der Waals surface area contributed by atoms with Crippen molar-refractivity contribution < 1.29 is 5.11 Å². The van der Waals surface area contributed by atoms with Crippen LogP contribution in [0.5, 0.6) is 0 Å². The van der Waals surface area contributed by atoms with Gasteiger partial charge >= 0.3 is 0 Å². The van der Waals surface area contributed by atoms with Gasteiger partial charge in [-0.2, -0.15) is 0 Å². The van der Waals surface area contributed by atoms with Gasteiger partial charge in [-0.05, 0) is 38.5 Å². The van der Waals surface area contributed by atoms with Gasteiger partial charge in [0.15, 0.2) is 0 Å². The maximum Gasteiger partial charge on any atom is 0.0959 e. The minimum Gasteiger partial charge on any atom is -0.396 e. The zero-order valence-corrected chi connectivity index (χ0v) is 13.2. The first-order valence-corrected chi connectivity index (χ1v) is 8.87. The number of piperidine rings is 1. The summed E-state index contributed by atoms with van der Waals surface area (Å²) in [5.74, 6) is 1.20. The maximum absolute atomic E-state index is 9.37. The van der Waals surface area contributed by atoms with Crippen LogP contribution in [0.3, 0.4) is 0 Å². The first-order valence-electron chi connectivity index (χ1n) is 8.05. The van der Waals surface area contributed by atoms with E-state index >= 15 is 0 Å². The molecule has 1 saturated carbocycles. The highest BCUT2D eigenvalue weighted by atomic mass is 32.1. The predicted octanol–water partition coefficient (Wildman–Crippen LogP) is 3.39. The van der Waals surface area contributed by atoms with Crippen LogP contribution in [-0.2, 0) is 6.54 Å². The average molecular weight is 294 g/mol. The summed E-state index contributed by atoms with van der Waals surface area (Å²) in [4.78, 5) is 8.59. The van der Waals surface area contributed by atoms with Gasteiger partial charge in [-0.3, -0.25) is 4.90 Å². The molecule has 0 spiro atoms. The number of rotatable bonds is 4. The zero-order valence-electron chi connectivity index (χ0n) is 12.4. The summed E-state index contributed by atoms with van der Waals surface area (Å²) in [6.45, 7) is 4.70. The molecule has 2 atom stereocenters. The first kappa shape index (κ1) is 14.5. The lowest BCUT2D eigenvalue weighted by atomic mass is 9.94. The molecule has 1 N–H and O–H groups in total. The van der Waals surface area contributed by atoms with Crippen molar-refractivity contribution >= 4 is 11.3 Å². The van der Waals surface area contributed by atoms with E-state index in [0.717, 1.165) is 19.0 Å². The second-order valence-electron chi connectivity index (χ2n) is 6.55. The predicted molar refractivity (Wildman–Crippen MR) is 83.0 cm³/mol. The van der Waals surface area contributed by atoms with E-state index < -0.39 is 0 Å². The van der Waals surface area contributed by atoms with Crippen molar-refractivity contribution in [3.05, 3.63) is 16.1 Å². The number of nitrogens with zero attached hydrogens (tertiary/aromatic N) is 2. The van der Waals surface area contributed by atoms with E-state index in [4.69, 9.17) is 0 Å². The summed E-state index contributed by atoms with van der Waals surface area (Å²) < 4.78 is 0. The Morgan fingerprint density at radius 3 is 2.85 bits per heavy atom. The average Bonchev–Trinajstić information content (AvgIpc) is 3.12. The molecule has 2 heterocycles. The molecule has 4 heteroatoms. The van der Waals surface area contributed by atoms with Gasteiger partial charge in [0.25, 0.3) is 0 Å². The molecular formula is C16H26N2OS. The van der Waals surface area contributed by atoms with Crippen LogP contribution in [0.2, 0.25) is 0 Å². The molecule has 0 amide bonds. The van der Waals surface area contributed by atoms with E-state index in [-0.39, 0.29) is 0 Å². The van der Waals surface area contributed by atoms with Crippen molar-refractivity contribution in [3.8, 4) is 0 Å². The minimum absolute atomic E-state index is 0.333. The molecule has 1 aromatic rings. The van der Waals surface area contributed by atoms with Crippen molar-refractivity contribution in [3.63, 3.8) is 0 Å². The van der Waals surface area contributed by atoms with Crippen LogP contribution in [0.25, 0.3) is 0 Å². The fourth-order valence-electron chi connectivity index (χ4n) is 3.59. The van der Waals surface area contributed by atoms with Gasteiger partial charge in [-0.25, -0.2) is 4.98 Å². The monoisotopic (exact) mass is 294 g/mol. The summed E-state index contributed by atoms with van der Waals surface area (Å²) in [7, 11) is 0. The third-order valence-electron chi connectivity index (χ3n) is 5.00. The Labute approximate surface area is 126 Å². The highest BCUT2D eigenvalue weighted by Gasteiger charge is 2.26. The molecule has 1 aliphatic heterocycles. The lowest BCUT2D eigenvalue weighted by molar-refractivity contribution is 0.0779. The van der Waals surface area contributed by atoms with E-state index in [1.807, 2.05) is 11.3 Å². The molecule has 3 nitrogen and oxygen atoms in total. The molecule has 1 aromatic heterocycles. The number of aromatic nitrogens is 1. The molecule has 0 bridgehead atoms. The van der Waals surface area contributed by atoms with E-state index in [2.05, 4.69) is 23.0 Å². The summed E-state index contributed by atoms with van der Waals surface area (Å²) >= 11 is 1.92. The molecule has 1 aliphatic carbocycles. The Hall–Kier alpha value is -0.450. The molecule has 2 aliphatic rings. The third kappa shape index (κ3) is 3.23. The molecule has 0 aromatic carbocycles. The Morgan fingerprint density at radius 2 is 2.10 bits per heavy atom. The van der Waals surface area contributed by atoms with Gasteiger partial charge in [0, 0.05) is 42.7 Å². The molecule has 2 unspecified atom stereocenters. The maximum atomic E-state index is 9.37. The lowest BCUT2D eigenvalue weighted by Gasteiger charge is -2.37. The molecular weight excluding hydrogens is 268 g/mol. The van der Waals surface area contributed by atoms with E-state index in [1.54, 1.807) is 0 Å². The fraction of sp³-hybridized carbons (Fsp3) is 0.812. The van der Waals surface area contributed by atoms with Crippen LogP contribution >= 0.6 is 11.3 Å². The van der Waals surface area contributed by atoms with Crippen LogP contribution in [0, 0.1) is 5.92 Å². The van der Waals surface area contributed by atoms with Crippen LogP contribution in [0.1, 0.15) is 61.3 Å². The molecule has 2 fully saturated rings. The summed E-state index contributed by atoms with van der Waals surface area (Å²) in [6.07, 6.45) is 9.89. The number of aliphatic hydroxyl groups is 1. The van der Waals surface area contributed by atoms with Gasteiger partial charge in [0.05, 0.1) is 5.01 Å². The van der Waals surface area contributed by atoms with Crippen molar-refractivity contribution in [1.82, 2.24) is 9.88 Å². The SMILES string of the molecule is CC1CCC(CO)CN1Cc1cnc(C2CCCC2)s1. The van der Waals surface area contributed by atoms with Crippen LogP contribution in [-0.4, -0.2) is 34.2 Å². The quantitative estimate of drug-likeness (QED) is 0.924. The number of hydrogen-bond donors (Lipinski definition) is 1. The first-order chi connectivity index (χ1) is 9.76. The zero-order chi connectivity index (χ0) is 13.9. The Bertz CT molecular complexity index is 428. The number of likely N-dealkylation sites (tertiary alicyclic amines) is 1. The Morgan fingerprint density at radius 1 is 1.30 bits per heavy atom. The van der Waals surface area contributed by atoms with Crippen LogP contribution < -0.4 is 0 Å². The van der Waals surface area contributed by atoms with Crippen LogP contribution in [0.4, 0.5) is 0 Å². The van der Waals surface area contributed by atoms with Crippen molar-refractivity contribution in [2.45, 2.75) is 64.0 Å². The van der Waals surface area contributed by atoms with E-state index in [0.29, 0.717) is 18.6 Å². The van der Waals surface area contributed by atoms with E-state index in [9.17, 15) is 5.11 Å². The highest BCUT2D eigenvalue weighted by molar-refractivity contribution is 7.11. The number of aliphatic hydroxyl groups excluding tert-OH is 1. The Balaban J connectivity index is 1.61. The Kier molecular flexibility index (Phi) is 4.74. The molecule has 0 radical (unpaired) electrons. The minimum atomic E-state index is 0.333. The second-order valence-corrected chi connectivity index (χ2v) is 7.70. The molecule has 20 heavy (non-hydrogen) atoms. The summed E-state index contributed by atoms with van der Waals surface area (Å²) in [5.41, 5.74) is 0. The van der Waals surface area contributed by atoms with Crippen molar-refractivity contribution in [2.75, 3.05) is 13.2 Å². The second kappa shape index (κ2) is 6.54. The van der Waals surface area contributed by atoms with Gasteiger partial charge < -0.3 is 5.11 Å². The molecule has 112 valence electrons. The summed E-state index contributed by atoms with van der Waals surface area (Å²) in [6, 6.07) is 0.634. The number of thiazole rings is 1. The van der Waals surface area contributed by atoms with Crippen molar-refractivity contribution in [1.29, 1.82) is 0 Å². The van der Waals surface area contributed by atoms with Gasteiger partial charge in [0.2, 0.25) is 0 Å². The largest absolute Gasteiger partial charge is 0.396 e. The standard InChI is InChI=1S/C16H26N2OS/c1-12-6-7-13(11-19)9-18(12)10-15-8-17-16(20-15)14-4-2-3-5-14/h8,12-14,19H,2-7,9-11H2,1H3. The molecule has 1 saturated heterocycles. The fourth-order valence-corrected chi connectivity index (χ4v) is 4.70. The third-order valence-corrected chi connectivity index (χ3v) is 6.15. The number of hydrogen-bond acceptors (Lipinski definition) is 4. The lowest BCUT2D eigenvalue weighted by Crippen LogP contribution is -2.42. The highest BCUT2D eigenvalue weighted by Crippen LogP contribution is 2.36. The van der Waals surface area contributed by atoms with Crippen molar-refractivity contribution in [2.24, 2.45) is 5.92 Å². The van der Waals surface area contributed by atoms with E-state index in [1.165, 1.54) is 48.4 Å². The summed E-state index contributed by atoms with van der Waals surface area (Å²) in [5, 5.41) is 10.7. The topological polar surface area (TPSA) is 36.4 Å². The molecule has 3 rings (SSSR count). The van der Waals surface area contributed by atoms with Gasteiger partial charge in [-0.15, -0.1) is 11.3 Å². The van der Waals surface area contributed by atoms with Crippen LogP contribution in [0.15, 0.2) is 6.20 Å². The normalized spacial score (nSPS) is 29.1. The van der Waals surface area contributed by atoms with Gasteiger partial charge in [-0.1, -0.05) is 12.8 Å². The van der Waals surface area contributed by atoms with Gasteiger partial charge in [0.1, 0.15) is 0 Å².